The maximum Gasteiger partial charge on any atom is 0.573 e. The average Bonchev–Trinajstić information content (AvgIpc) is 2.83. The third-order valence-corrected chi connectivity index (χ3v) is 7.86. The molecule has 0 spiro atoms. The molecule has 1 fully saturated rings. The average molecular weight is 539 g/mol. The first kappa shape index (κ1) is 25.3. The van der Waals surface area contributed by atoms with Crippen molar-refractivity contribution in [3.8, 4) is 17.2 Å². The molecule has 3 aromatic rings. The van der Waals surface area contributed by atoms with Gasteiger partial charge in [0.25, 0.3) is 0 Å². The number of benzene rings is 3. The molecule has 3 atom stereocenters. The highest BCUT2D eigenvalue weighted by Gasteiger charge is 2.41. The van der Waals surface area contributed by atoms with Crippen molar-refractivity contribution in [1.29, 1.82) is 0 Å². The van der Waals surface area contributed by atoms with E-state index in [2.05, 4.69) is 9.46 Å². The van der Waals surface area contributed by atoms with Crippen molar-refractivity contribution < 1.29 is 40.6 Å². The van der Waals surface area contributed by atoms with Gasteiger partial charge in [0.2, 0.25) is 10.0 Å². The van der Waals surface area contributed by atoms with Crippen molar-refractivity contribution in [2.24, 2.45) is 0 Å². The molecule has 1 aliphatic carbocycles. The van der Waals surface area contributed by atoms with Crippen LogP contribution in [-0.2, 0) is 10.0 Å². The van der Waals surface area contributed by atoms with Crippen LogP contribution in [-0.4, -0.2) is 38.1 Å². The van der Waals surface area contributed by atoms with Crippen LogP contribution in [0.15, 0.2) is 71.6 Å². The number of anilines is 2. The Bertz CT molecular complexity index is 1400. The first-order chi connectivity index (χ1) is 17.5. The summed E-state index contributed by atoms with van der Waals surface area (Å²) >= 11 is 0. The highest BCUT2D eigenvalue weighted by Crippen LogP contribution is 2.49. The summed E-state index contributed by atoms with van der Waals surface area (Å²) in [4.78, 5) is 1.57. The van der Waals surface area contributed by atoms with E-state index in [1.54, 1.807) is 30.3 Å². The van der Waals surface area contributed by atoms with Crippen LogP contribution in [0, 0.1) is 5.82 Å². The molecular formula is C25H22F4N2O5S. The molecule has 37 heavy (non-hydrogen) atoms. The van der Waals surface area contributed by atoms with Crippen LogP contribution < -0.4 is 19.1 Å². The fourth-order valence-electron chi connectivity index (χ4n) is 4.77. The highest BCUT2D eigenvalue weighted by atomic mass is 32.2. The van der Waals surface area contributed by atoms with E-state index >= 15 is 0 Å². The number of sulfonamides is 1. The zero-order chi connectivity index (χ0) is 26.4. The van der Waals surface area contributed by atoms with Crippen LogP contribution in [0.2, 0.25) is 0 Å². The number of para-hydroxylation sites is 2. The number of hydrogen-bond donors (Lipinski definition) is 2. The van der Waals surface area contributed by atoms with Crippen LogP contribution in [0.3, 0.4) is 0 Å². The molecule has 0 saturated heterocycles. The van der Waals surface area contributed by atoms with E-state index in [1.165, 1.54) is 12.1 Å². The number of aliphatic hydroxyl groups excluding tert-OH is 1. The lowest BCUT2D eigenvalue weighted by Gasteiger charge is -2.44. The predicted molar refractivity (Wildman–Crippen MR) is 126 cm³/mol. The molecule has 0 radical (unpaired) electrons. The quantitative estimate of drug-likeness (QED) is 0.433. The highest BCUT2D eigenvalue weighted by molar-refractivity contribution is 7.89. The minimum atomic E-state index is -4.90. The predicted octanol–water partition coefficient (Wildman–Crippen LogP) is 5.23. The molecule has 1 aliphatic heterocycles. The fraction of sp³-hybridized carbons (Fsp3) is 0.280. The smallest absolute Gasteiger partial charge is 0.453 e. The van der Waals surface area contributed by atoms with E-state index in [1.807, 2.05) is 4.90 Å². The molecule has 0 aromatic heterocycles. The summed E-state index contributed by atoms with van der Waals surface area (Å²) in [5.41, 5.74) is 1.18. The minimum absolute atomic E-state index is 0.270. The number of halogens is 4. The van der Waals surface area contributed by atoms with Gasteiger partial charge in [0.05, 0.1) is 34.5 Å². The summed E-state index contributed by atoms with van der Waals surface area (Å²) in [7, 11) is -4.17. The molecule has 1 saturated carbocycles. The first-order valence-electron chi connectivity index (χ1n) is 11.4. The summed E-state index contributed by atoms with van der Waals surface area (Å²) < 4.78 is 89.3. The second-order valence-corrected chi connectivity index (χ2v) is 10.5. The van der Waals surface area contributed by atoms with E-state index in [-0.39, 0.29) is 10.6 Å². The number of rotatable bonds is 5. The van der Waals surface area contributed by atoms with E-state index in [0.717, 1.165) is 24.3 Å². The number of aliphatic hydroxyl groups is 1. The number of ether oxygens (including phenoxy) is 2. The SMILES string of the molecule is O=S(=O)(N[C@@H]1CCC[C@H](N2c3ccccc3Oc3cc(F)ccc32)[C@H]1O)c1ccc(OC(F)(F)F)cc1. The molecule has 2 aliphatic rings. The summed E-state index contributed by atoms with van der Waals surface area (Å²) in [6, 6.07) is 13.5. The van der Waals surface area contributed by atoms with Crippen molar-refractivity contribution in [3.63, 3.8) is 0 Å². The molecule has 0 unspecified atom stereocenters. The van der Waals surface area contributed by atoms with Crippen LogP contribution >= 0.6 is 0 Å². The number of hydrogen-bond acceptors (Lipinski definition) is 6. The molecule has 0 amide bonds. The van der Waals surface area contributed by atoms with Gasteiger partial charge < -0.3 is 19.5 Å². The molecule has 2 N–H and O–H groups in total. The van der Waals surface area contributed by atoms with E-state index in [9.17, 15) is 31.1 Å². The molecule has 12 heteroatoms. The van der Waals surface area contributed by atoms with E-state index in [0.29, 0.717) is 36.4 Å². The van der Waals surface area contributed by atoms with Gasteiger partial charge in [-0.05, 0) is 67.8 Å². The second-order valence-electron chi connectivity index (χ2n) is 8.79. The molecule has 196 valence electrons. The Morgan fingerprint density at radius 3 is 2.41 bits per heavy atom. The first-order valence-corrected chi connectivity index (χ1v) is 12.9. The van der Waals surface area contributed by atoms with Gasteiger partial charge in [-0.3, -0.25) is 0 Å². The van der Waals surface area contributed by atoms with Crippen LogP contribution in [0.25, 0.3) is 0 Å². The number of nitrogens with zero attached hydrogens (tertiary/aromatic N) is 1. The lowest BCUT2D eigenvalue weighted by Crippen LogP contribution is -2.56. The van der Waals surface area contributed by atoms with Crippen molar-refractivity contribution >= 4 is 21.4 Å². The van der Waals surface area contributed by atoms with Gasteiger partial charge in [0.1, 0.15) is 11.6 Å². The monoisotopic (exact) mass is 538 g/mol. The standard InChI is InChI=1S/C25H22F4N2O5S/c26-15-8-13-20-23(14-15)35-22-7-2-1-5-19(22)31(20)21-6-3-4-18(24(21)32)30-37(33,34)17-11-9-16(10-12-17)36-25(27,28)29/h1-2,5,7-14,18,21,24,30,32H,3-4,6H2/t18-,21+,24+/m1/s1. The fourth-order valence-corrected chi connectivity index (χ4v) is 6.06. The third-order valence-electron chi connectivity index (χ3n) is 6.35. The van der Waals surface area contributed by atoms with E-state index in [4.69, 9.17) is 4.74 Å². The Kier molecular flexibility index (Phi) is 6.50. The Balaban J connectivity index is 1.40. The van der Waals surface area contributed by atoms with Crippen molar-refractivity contribution in [1.82, 2.24) is 4.72 Å². The van der Waals surface area contributed by atoms with Crippen molar-refractivity contribution in [3.05, 3.63) is 72.5 Å². The van der Waals surface area contributed by atoms with Gasteiger partial charge in [0, 0.05) is 6.07 Å². The number of alkyl halides is 3. The summed E-state index contributed by atoms with van der Waals surface area (Å²) in [5.74, 6) is -0.295. The Labute approximate surface area is 210 Å². The maximum absolute atomic E-state index is 13.9. The lowest BCUT2D eigenvalue weighted by atomic mass is 9.86. The Morgan fingerprint density at radius 2 is 1.68 bits per heavy atom. The normalized spacial score (nSPS) is 21.5. The van der Waals surface area contributed by atoms with E-state index < -0.39 is 46.1 Å². The number of fused-ring (bicyclic) bond motifs is 2. The largest absolute Gasteiger partial charge is 0.573 e. The third kappa shape index (κ3) is 5.22. The Hall–Kier alpha value is -3.35. The van der Waals surface area contributed by atoms with Crippen LogP contribution in [0.5, 0.6) is 17.2 Å². The zero-order valence-electron chi connectivity index (χ0n) is 19.2. The summed E-state index contributed by atoms with van der Waals surface area (Å²) in [6.07, 6.45) is -4.63. The van der Waals surface area contributed by atoms with Gasteiger partial charge >= 0.3 is 6.36 Å². The van der Waals surface area contributed by atoms with Crippen LogP contribution in [0.4, 0.5) is 28.9 Å². The molecule has 5 rings (SSSR count). The lowest BCUT2D eigenvalue weighted by molar-refractivity contribution is -0.274. The minimum Gasteiger partial charge on any atom is -0.453 e. The van der Waals surface area contributed by atoms with Gasteiger partial charge in [-0.25, -0.2) is 17.5 Å². The maximum atomic E-state index is 13.9. The van der Waals surface area contributed by atoms with Crippen molar-refractivity contribution in [2.75, 3.05) is 4.90 Å². The number of nitrogens with one attached hydrogen (secondary N) is 1. The van der Waals surface area contributed by atoms with Gasteiger partial charge in [-0.15, -0.1) is 13.2 Å². The van der Waals surface area contributed by atoms with Gasteiger partial charge in [-0.1, -0.05) is 12.1 Å². The molecule has 0 bridgehead atoms. The summed E-state index contributed by atoms with van der Waals surface area (Å²) in [6.45, 7) is 0. The van der Waals surface area contributed by atoms with Gasteiger partial charge in [-0.2, -0.15) is 0 Å². The van der Waals surface area contributed by atoms with Crippen LogP contribution in [0.1, 0.15) is 19.3 Å². The molecule has 7 nitrogen and oxygen atoms in total. The zero-order valence-corrected chi connectivity index (χ0v) is 20.0. The molecular weight excluding hydrogens is 516 g/mol. The van der Waals surface area contributed by atoms with Crippen molar-refractivity contribution in [2.45, 2.75) is 48.7 Å². The molecule has 1 heterocycles. The van der Waals surface area contributed by atoms with Gasteiger partial charge in [0.15, 0.2) is 11.5 Å². The Morgan fingerprint density at radius 1 is 0.973 bits per heavy atom. The topological polar surface area (TPSA) is 88.1 Å². The molecule has 3 aromatic carbocycles. The summed E-state index contributed by atoms with van der Waals surface area (Å²) in [5, 5.41) is 11.3. The second kappa shape index (κ2) is 9.51.